The Balaban J connectivity index is 2.69. The van der Waals surface area contributed by atoms with Gasteiger partial charge in [-0.25, -0.2) is 0 Å². The van der Waals surface area contributed by atoms with Gasteiger partial charge < -0.3 is 5.43 Å². The highest BCUT2D eigenvalue weighted by Gasteiger charge is 2.04. The molecule has 0 aliphatic carbocycles. The fraction of sp³-hybridized carbons (Fsp3) is 0.182. The molecule has 0 saturated heterocycles. The molecule has 0 amide bonds. The second kappa shape index (κ2) is 4.04. The molecule has 2 aromatic rings. The van der Waals surface area contributed by atoms with Crippen LogP contribution in [0.1, 0.15) is 12.6 Å². The molecule has 1 heterocycles. The Morgan fingerprint density at radius 1 is 1.40 bits per heavy atom. The maximum Gasteiger partial charge on any atom is 0.0708 e. The van der Waals surface area contributed by atoms with E-state index in [4.69, 9.17) is 17.4 Å². The summed E-state index contributed by atoms with van der Waals surface area (Å²) in [7, 11) is 0. The lowest BCUT2D eigenvalue weighted by molar-refractivity contribution is 1.05. The zero-order valence-electron chi connectivity index (χ0n) is 8.42. The number of fused-ring (bicyclic) bond motifs is 1. The minimum Gasteiger partial charge on any atom is -0.322 e. The van der Waals surface area contributed by atoms with Crippen LogP contribution in [0.4, 0.5) is 5.69 Å². The summed E-state index contributed by atoms with van der Waals surface area (Å²) in [5.41, 5.74) is 5.41. The van der Waals surface area contributed by atoms with Crippen LogP contribution in [0.2, 0.25) is 5.02 Å². The lowest BCUT2D eigenvalue weighted by atomic mass is 10.1. The Kier molecular flexibility index (Phi) is 2.75. The van der Waals surface area contributed by atoms with Crippen LogP contribution in [0.25, 0.3) is 10.9 Å². The van der Waals surface area contributed by atoms with Crippen molar-refractivity contribution in [3.05, 3.63) is 35.0 Å². The van der Waals surface area contributed by atoms with E-state index >= 15 is 0 Å². The number of pyridine rings is 1. The molecule has 1 aromatic carbocycles. The van der Waals surface area contributed by atoms with Gasteiger partial charge >= 0.3 is 0 Å². The average molecular weight is 222 g/mol. The first-order valence-corrected chi connectivity index (χ1v) is 5.18. The third-order valence-corrected chi connectivity index (χ3v) is 2.58. The van der Waals surface area contributed by atoms with Crippen LogP contribution in [0, 0.1) is 0 Å². The first-order valence-electron chi connectivity index (χ1n) is 4.80. The van der Waals surface area contributed by atoms with Crippen molar-refractivity contribution in [3.63, 3.8) is 0 Å². The van der Waals surface area contributed by atoms with Crippen molar-refractivity contribution in [3.8, 4) is 0 Å². The molecule has 0 fully saturated rings. The molecule has 0 spiro atoms. The van der Waals surface area contributed by atoms with Gasteiger partial charge in [-0.3, -0.25) is 10.8 Å². The number of aryl methyl sites for hydroxylation is 1. The van der Waals surface area contributed by atoms with Crippen LogP contribution < -0.4 is 11.3 Å². The zero-order chi connectivity index (χ0) is 10.8. The summed E-state index contributed by atoms with van der Waals surface area (Å²) in [6.07, 6.45) is 0.845. The minimum absolute atomic E-state index is 0.705. The highest BCUT2D eigenvalue weighted by molar-refractivity contribution is 6.31. The molecule has 0 unspecified atom stereocenters. The van der Waals surface area contributed by atoms with E-state index in [0.29, 0.717) is 5.02 Å². The van der Waals surface area contributed by atoms with Gasteiger partial charge in [-0.05, 0) is 30.7 Å². The molecule has 0 aliphatic heterocycles. The largest absolute Gasteiger partial charge is 0.322 e. The van der Waals surface area contributed by atoms with Gasteiger partial charge in [-0.2, -0.15) is 0 Å². The zero-order valence-corrected chi connectivity index (χ0v) is 9.17. The van der Waals surface area contributed by atoms with Crippen molar-refractivity contribution >= 4 is 28.2 Å². The van der Waals surface area contributed by atoms with Crippen LogP contribution in [0.5, 0.6) is 0 Å². The van der Waals surface area contributed by atoms with E-state index < -0.39 is 0 Å². The van der Waals surface area contributed by atoms with E-state index in [2.05, 4.69) is 10.4 Å². The Labute approximate surface area is 93.2 Å². The number of anilines is 1. The maximum absolute atomic E-state index is 5.91. The number of hydrazine groups is 1. The Bertz CT molecular complexity index is 496. The fourth-order valence-electron chi connectivity index (χ4n) is 1.58. The third-order valence-electron chi connectivity index (χ3n) is 2.35. The number of aromatic nitrogens is 1. The number of halogens is 1. The molecule has 4 heteroatoms. The molecule has 3 nitrogen and oxygen atoms in total. The van der Waals surface area contributed by atoms with E-state index in [9.17, 15) is 0 Å². The number of benzene rings is 1. The molecule has 0 saturated carbocycles. The number of hydrogen-bond acceptors (Lipinski definition) is 3. The summed E-state index contributed by atoms with van der Waals surface area (Å²) in [5, 5.41) is 1.70. The van der Waals surface area contributed by atoms with E-state index in [-0.39, 0.29) is 0 Å². The van der Waals surface area contributed by atoms with Crippen LogP contribution in [-0.4, -0.2) is 4.98 Å². The number of nitrogens with one attached hydrogen (secondary N) is 1. The monoisotopic (exact) mass is 221 g/mol. The average Bonchev–Trinajstić information content (AvgIpc) is 2.27. The molecule has 0 bridgehead atoms. The standard InChI is InChI=1S/C11H12ClN3/c1-2-9-11(15-13)6-7-5-8(12)3-4-10(7)14-9/h3-6,15H,2,13H2,1H3. The minimum atomic E-state index is 0.705. The lowest BCUT2D eigenvalue weighted by Crippen LogP contribution is -2.10. The first-order chi connectivity index (χ1) is 7.24. The predicted molar refractivity (Wildman–Crippen MR) is 63.9 cm³/mol. The molecule has 0 aliphatic rings. The summed E-state index contributed by atoms with van der Waals surface area (Å²) < 4.78 is 0. The Hall–Kier alpha value is -1.32. The molecule has 0 atom stereocenters. The highest BCUT2D eigenvalue weighted by atomic mass is 35.5. The molecule has 15 heavy (non-hydrogen) atoms. The summed E-state index contributed by atoms with van der Waals surface area (Å²) >= 11 is 5.91. The topological polar surface area (TPSA) is 50.9 Å². The molecular weight excluding hydrogens is 210 g/mol. The molecule has 78 valence electrons. The van der Waals surface area contributed by atoms with E-state index in [1.165, 1.54) is 0 Å². The summed E-state index contributed by atoms with van der Waals surface area (Å²) in [4.78, 5) is 4.50. The van der Waals surface area contributed by atoms with Gasteiger partial charge in [-0.1, -0.05) is 18.5 Å². The smallest absolute Gasteiger partial charge is 0.0708 e. The molecule has 0 radical (unpaired) electrons. The van der Waals surface area contributed by atoms with Gasteiger partial charge in [0.1, 0.15) is 0 Å². The van der Waals surface area contributed by atoms with Crippen LogP contribution in [0.15, 0.2) is 24.3 Å². The second-order valence-corrected chi connectivity index (χ2v) is 3.75. The quantitative estimate of drug-likeness (QED) is 0.606. The Morgan fingerprint density at radius 2 is 2.20 bits per heavy atom. The van der Waals surface area contributed by atoms with Gasteiger partial charge in [0.15, 0.2) is 0 Å². The number of nitrogens with two attached hydrogens (primary N) is 1. The molecule has 1 aromatic heterocycles. The fourth-order valence-corrected chi connectivity index (χ4v) is 1.76. The molecule has 2 rings (SSSR count). The normalized spacial score (nSPS) is 10.6. The van der Waals surface area contributed by atoms with Crippen LogP contribution >= 0.6 is 11.6 Å². The SMILES string of the molecule is CCc1nc2ccc(Cl)cc2cc1NN. The van der Waals surface area contributed by atoms with Gasteiger partial charge in [-0.15, -0.1) is 0 Å². The van der Waals surface area contributed by atoms with Crippen LogP contribution in [0.3, 0.4) is 0 Å². The van der Waals surface area contributed by atoms with Gasteiger partial charge in [0.25, 0.3) is 0 Å². The number of nitrogen functional groups attached to an aromatic ring is 1. The molecular formula is C11H12ClN3. The summed E-state index contributed by atoms with van der Waals surface area (Å²) in [5.74, 6) is 5.43. The second-order valence-electron chi connectivity index (χ2n) is 3.32. The maximum atomic E-state index is 5.91. The lowest BCUT2D eigenvalue weighted by Gasteiger charge is -2.08. The van der Waals surface area contributed by atoms with Crippen LogP contribution in [-0.2, 0) is 6.42 Å². The van der Waals surface area contributed by atoms with Gasteiger partial charge in [0, 0.05) is 10.4 Å². The van der Waals surface area contributed by atoms with E-state index in [1.54, 1.807) is 0 Å². The van der Waals surface area contributed by atoms with Crippen molar-refractivity contribution in [2.45, 2.75) is 13.3 Å². The number of rotatable bonds is 2. The van der Waals surface area contributed by atoms with E-state index in [1.807, 2.05) is 31.2 Å². The highest BCUT2D eigenvalue weighted by Crippen LogP contribution is 2.23. The van der Waals surface area contributed by atoms with Crippen molar-refractivity contribution in [2.75, 3.05) is 5.43 Å². The third kappa shape index (κ3) is 1.89. The van der Waals surface area contributed by atoms with Crippen molar-refractivity contribution < 1.29 is 0 Å². The van der Waals surface area contributed by atoms with Crippen molar-refractivity contribution in [2.24, 2.45) is 5.84 Å². The number of hydrogen-bond donors (Lipinski definition) is 2. The molecule has 3 N–H and O–H groups in total. The van der Waals surface area contributed by atoms with Gasteiger partial charge in [0.05, 0.1) is 16.9 Å². The predicted octanol–water partition coefficient (Wildman–Crippen LogP) is 2.74. The van der Waals surface area contributed by atoms with Crippen molar-refractivity contribution in [1.82, 2.24) is 4.98 Å². The summed E-state index contributed by atoms with van der Waals surface area (Å²) in [6.45, 7) is 2.05. The Morgan fingerprint density at radius 3 is 2.87 bits per heavy atom. The van der Waals surface area contributed by atoms with Crippen molar-refractivity contribution in [1.29, 1.82) is 0 Å². The van der Waals surface area contributed by atoms with E-state index in [0.717, 1.165) is 28.7 Å². The number of nitrogens with zero attached hydrogens (tertiary/aromatic N) is 1. The van der Waals surface area contributed by atoms with Gasteiger partial charge in [0.2, 0.25) is 0 Å². The summed E-state index contributed by atoms with van der Waals surface area (Å²) in [6, 6.07) is 7.60. The first kappa shape index (κ1) is 10.2.